The lowest BCUT2D eigenvalue weighted by atomic mass is 9.85. The lowest BCUT2D eigenvalue weighted by molar-refractivity contribution is -0.148. The van der Waals surface area contributed by atoms with Crippen molar-refractivity contribution in [2.75, 3.05) is 31.6 Å². The van der Waals surface area contributed by atoms with Crippen molar-refractivity contribution < 1.29 is 23.1 Å². The maximum atomic E-state index is 13.2. The Balaban J connectivity index is 0.000000817. The molecule has 1 aromatic heterocycles. The number of hydrogen-bond acceptors (Lipinski definition) is 6. The second kappa shape index (κ2) is 9.27. The number of carboxylic acid groups (broad SMARTS) is 1. The van der Waals surface area contributed by atoms with Crippen LogP contribution in [0.4, 0.5) is 0 Å². The quantitative estimate of drug-likeness (QED) is 0.732. The van der Waals surface area contributed by atoms with E-state index in [0.29, 0.717) is 13.1 Å². The number of sulfone groups is 1. The van der Waals surface area contributed by atoms with Crippen molar-refractivity contribution >= 4 is 22.2 Å². The minimum atomic E-state index is -3.02. The molecule has 1 spiro atoms. The highest BCUT2D eigenvalue weighted by atomic mass is 32.2. The minimum Gasteiger partial charge on any atom is -0.483 e. The Kier molecular flexibility index (Phi) is 7.32. The molecule has 0 radical (unpaired) electrons. The highest BCUT2D eigenvalue weighted by Crippen LogP contribution is 2.38. The summed E-state index contributed by atoms with van der Waals surface area (Å²) in [6, 6.07) is 5.73. The zero-order valence-corrected chi connectivity index (χ0v) is 16.4. The average molecular weight is 397 g/mol. The first-order chi connectivity index (χ1) is 12.8. The van der Waals surface area contributed by atoms with Crippen molar-refractivity contribution in [1.82, 2.24) is 14.8 Å². The monoisotopic (exact) mass is 397 g/mol. The van der Waals surface area contributed by atoms with E-state index in [9.17, 15) is 13.2 Å². The van der Waals surface area contributed by atoms with Crippen LogP contribution in [0.3, 0.4) is 0 Å². The molecule has 8 nitrogen and oxygen atoms in total. The molecule has 1 aromatic rings. The molecule has 27 heavy (non-hydrogen) atoms. The lowest BCUT2D eigenvalue weighted by Gasteiger charge is -2.44. The molecule has 0 aromatic carbocycles. The van der Waals surface area contributed by atoms with Gasteiger partial charge >= 0.3 is 0 Å². The molecular formula is C18H27N3O5S. The zero-order valence-electron chi connectivity index (χ0n) is 15.6. The van der Waals surface area contributed by atoms with E-state index in [1.807, 2.05) is 23.1 Å². The van der Waals surface area contributed by atoms with Gasteiger partial charge in [0.2, 0.25) is 5.91 Å². The van der Waals surface area contributed by atoms with Crippen molar-refractivity contribution in [2.45, 2.75) is 37.8 Å². The van der Waals surface area contributed by atoms with E-state index in [1.54, 1.807) is 6.20 Å². The first-order valence-electron chi connectivity index (χ1n) is 9.02. The summed E-state index contributed by atoms with van der Waals surface area (Å²) in [7, 11) is -3.02. The van der Waals surface area contributed by atoms with Gasteiger partial charge in [-0.1, -0.05) is 6.07 Å². The van der Waals surface area contributed by atoms with E-state index in [4.69, 9.17) is 9.90 Å². The highest BCUT2D eigenvalue weighted by Gasteiger charge is 2.50. The van der Waals surface area contributed by atoms with Gasteiger partial charge in [-0.05, 0) is 44.4 Å². The summed E-state index contributed by atoms with van der Waals surface area (Å²) in [5.41, 5.74) is 0.390. The standard InChI is InChI=1S/C17H25N3O3S.CH2O2/c1-24(22,23)13-12-20-11-5-8-17(20)7-4-10-19(16(17)21)14-15-6-2-3-9-18-15;2-1-3/h2-3,6,9H,4-5,7-8,10-14H2,1H3;1H,(H,2,3). The molecule has 2 fully saturated rings. The van der Waals surface area contributed by atoms with Crippen LogP contribution < -0.4 is 0 Å². The summed E-state index contributed by atoms with van der Waals surface area (Å²) in [6.45, 7) is 2.28. The van der Waals surface area contributed by atoms with Crippen molar-refractivity contribution in [1.29, 1.82) is 0 Å². The normalized spacial score (nSPS) is 23.1. The molecule has 150 valence electrons. The van der Waals surface area contributed by atoms with Crippen LogP contribution in [-0.4, -0.2) is 77.9 Å². The maximum Gasteiger partial charge on any atom is 0.290 e. The summed E-state index contributed by atoms with van der Waals surface area (Å²) in [4.78, 5) is 29.9. The number of pyridine rings is 1. The van der Waals surface area contributed by atoms with Crippen molar-refractivity contribution in [2.24, 2.45) is 0 Å². The van der Waals surface area contributed by atoms with Crippen LogP contribution in [-0.2, 0) is 26.0 Å². The summed E-state index contributed by atoms with van der Waals surface area (Å²) in [6.07, 6.45) is 6.56. The summed E-state index contributed by atoms with van der Waals surface area (Å²) in [5.74, 6) is 0.257. The van der Waals surface area contributed by atoms with Crippen LogP contribution in [0.25, 0.3) is 0 Å². The third-order valence-electron chi connectivity index (χ3n) is 5.14. The predicted molar refractivity (Wildman–Crippen MR) is 101 cm³/mol. The molecule has 0 aliphatic carbocycles. The number of nitrogens with zero attached hydrogens (tertiary/aromatic N) is 3. The first-order valence-corrected chi connectivity index (χ1v) is 11.1. The predicted octanol–water partition coefficient (Wildman–Crippen LogP) is 0.784. The van der Waals surface area contributed by atoms with Gasteiger partial charge in [0, 0.05) is 25.5 Å². The zero-order chi connectivity index (χ0) is 19.9. The number of carbonyl (C=O) groups excluding carboxylic acids is 1. The Morgan fingerprint density at radius 1 is 1.26 bits per heavy atom. The fraction of sp³-hybridized carbons (Fsp3) is 0.611. The van der Waals surface area contributed by atoms with E-state index in [2.05, 4.69) is 9.88 Å². The fourth-order valence-electron chi connectivity index (χ4n) is 3.96. The SMILES string of the molecule is CS(=O)(=O)CCN1CCCC12CCCN(Cc1ccccn1)C2=O.O=CO. The van der Waals surface area contributed by atoms with Gasteiger partial charge in [0.1, 0.15) is 15.4 Å². The Bertz CT molecular complexity index is 741. The van der Waals surface area contributed by atoms with Gasteiger partial charge in [0.05, 0.1) is 18.0 Å². The molecule has 3 heterocycles. The summed E-state index contributed by atoms with van der Waals surface area (Å²) >= 11 is 0. The van der Waals surface area contributed by atoms with Gasteiger partial charge in [-0.3, -0.25) is 19.5 Å². The molecule has 1 atom stereocenters. The Labute approximate surface area is 160 Å². The molecule has 0 saturated carbocycles. The number of likely N-dealkylation sites (tertiary alicyclic amines) is 2. The molecule has 2 aliphatic rings. The number of piperidine rings is 1. The van der Waals surface area contributed by atoms with Gasteiger partial charge in [0.25, 0.3) is 6.47 Å². The molecule has 3 rings (SSSR count). The van der Waals surface area contributed by atoms with Crippen molar-refractivity contribution in [3.8, 4) is 0 Å². The molecule has 2 aliphatic heterocycles. The third-order valence-corrected chi connectivity index (χ3v) is 6.06. The molecule has 1 amide bonds. The third kappa shape index (κ3) is 5.49. The van der Waals surface area contributed by atoms with E-state index in [1.165, 1.54) is 6.26 Å². The van der Waals surface area contributed by atoms with Crippen LogP contribution in [0.1, 0.15) is 31.4 Å². The van der Waals surface area contributed by atoms with Crippen LogP contribution in [0, 0.1) is 0 Å². The second-order valence-corrected chi connectivity index (χ2v) is 9.27. The van der Waals surface area contributed by atoms with Crippen molar-refractivity contribution in [3.63, 3.8) is 0 Å². The van der Waals surface area contributed by atoms with Crippen LogP contribution >= 0.6 is 0 Å². The molecule has 0 bridgehead atoms. The highest BCUT2D eigenvalue weighted by molar-refractivity contribution is 7.90. The topological polar surface area (TPSA) is 108 Å². The summed E-state index contributed by atoms with van der Waals surface area (Å²) in [5, 5.41) is 6.89. The van der Waals surface area contributed by atoms with Gasteiger partial charge in [0.15, 0.2) is 0 Å². The number of amides is 1. The molecular weight excluding hydrogens is 370 g/mol. The van der Waals surface area contributed by atoms with E-state index in [0.717, 1.165) is 44.5 Å². The fourth-order valence-corrected chi connectivity index (χ4v) is 4.52. The molecule has 1 unspecified atom stereocenters. The largest absolute Gasteiger partial charge is 0.483 e. The Morgan fingerprint density at radius 2 is 1.93 bits per heavy atom. The van der Waals surface area contributed by atoms with E-state index in [-0.39, 0.29) is 18.1 Å². The van der Waals surface area contributed by atoms with Gasteiger partial charge in [-0.15, -0.1) is 0 Å². The average Bonchev–Trinajstić information content (AvgIpc) is 3.02. The smallest absolute Gasteiger partial charge is 0.290 e. The molecule has 9 heteroatoms. The van der Waals surface area contributed by atoms with Crippen LogP contribution in [0.5, 0.6) is 0 Å². The van der Waals surface area contributed by atoms with E-state index < -0.39 is 15.4 Å². The number of aromatic nitrogens is 1. The van der Waals surface area contributed by atoms with Crippen LogP contribution in [0.15, 0.2) is 24.4 Å². The number of carbonyl (C=O) groups is 2. The molecule has 2 saturated heterocycles. The van der Waals surface area contributed by atoms with E-state index >= 15 is 0 Å². The Hall–Kier alpha value is -2.00. The summed E-state index contributed by atoms with van der Waals surface area (Å²) < 4.78 is 23.0. The van der Waals surface area contributed by atoms with Gasteiger partial charge in [-0.2, -0.15) is 0 Å². The van der Waals surface area contributed by atoms with Crippen LogP contribution in [0.2, 0.25) is 0 Å². The number of hydrogen-bond donors (Lipinski definition) is 1. The van der Waals surface area contributed by atoms with Gasteiger partial charge in [-0.25, -0.2) is 8.42 Å². The van der Waals surface area contributed by atoms with Crippen molar-refractivity contribution in [3.05, 3.63) is 30.1 Å². The van der Waals surface area contributed by atoms with Gasteiger partial charge < -0.3 is 10.0 Å². The number of rotatable bonds is 5. The second-order valence-electron chi connectivity index (χ2n) is 7.01. The first kappa shape index (κ1) is 21.3. The molecule has 1 N–H and O–H groups in total. The lowest BCUT2D eigenvalue weighted by Crippen LogP contribution is -2.60. The Morgan fingerprint density at radius 3 is 2.52 bits per heavy atom. The minimum absolute atomic E-state index is 0.113. The maximum absolute atomic E-state index is 13.2.